The lowest BCUT2D eigenvalue weighted by Gasteiger charge is -1.98. The van der Waals surface area contributed by atoms with Crippen LogP contribution in [0.1, 0.15) is 16.8 Å². The Labute approximate surface area is 100.0 Å². The fourth-order valence-electron chi connectivity index (χ4n) is 2.08. The van der Waals surface area contributed by atoms with Crippen molar-refractivity contribution in [3.63, 3.8) is 0 Å². The van der Waals surface area contributed by atoms with Crippen molar-refractivity contribution in [2.75, 3.05) is 0 Å². The minimum absolute atomic E-state index is 0.922. The van der Waals surface area contributed by atoms with Crippen LogP contribution < -0.4 is 0 Å². The lowest BCUT2D eigenvalue weighted by molar-refractivity contribution is -0.131. The van der Waals surface area contributed by atoms with Gasteiger partial charge >= 0.3 is 5.97 Å². The monoisotopic (exact) mass is 229 g/mol. The Bertz CT molecular complexity index is 621. The molecule has 0 saturated carbocycles. The maximum Gasteiger partial charge on any atom is 0.328 e. The van der Waals surface area contributed by atoms with Crippen LogP contribution >= 0.6 is 0 Å². The van der Waals surface area contributed by atoms with Gasteiger partial charge in [-0.1, -0.05) is 11.6 Å². The van der Waals surface area contributed by atoms with Crippen molar-refractivity contribution in [3.05, 3.63) is 41.1 Å². The molecule has 0 radical (unpaired) electrons. The van der Waals surface area contributed by atoms with Crippen molar-refractivity contribution >= 4 is 22.9 Å². The van der Waals surface area contributed by atoms with Crippen LogP contribution in [0.15, 0.2) is 24.3 Å². The second-order valence-corrected chi connectivity index (χ2v) is 4.25. The fourth-order valence-corrected chi connectivity index (χ4v) is 2.08. The Morgan fingerprint density at radius 3 is 2.71 bits per heavy atom. The van der Waals surface area contributed by atoms with Crippen LogP contribution in [0.5, 0.6) is 0 Å². The number of benzene rings is 1. The molecule has 0 amide bonds. The molecule has 0 unspecified atom stereocenters. The average Bonchev–Trinajstić information content (AvgIpc) is 2.49. The van der Waals surface area contributed by atoms with Gasteiger partial charge in [-0.15, -0.1) is 0 Å². The highest BCUT2D eigenvalue weighted by molar-refractivity contribution is 5.95. The van der Waals surface area contributed by atoms with E-state index in [0.29, 0.717) is 0 Å². The Hall–Kier alpha value is -2.03. The Kier molecular flexibility index (Phi) is 2.76. The first-order valence-corrected chi connectivity index (χ1v) is 5.47. The van der Waals surface area contributed by atoms with E-state index in [1.165, 1.54) is 11.6 Å². The van der Waals surface area contributed by atoms with Crippen molar-refractivity contribution in [1.82, 2.24) is 4.57 Å². The summed E-state index contributed by atoms with van der Waals surface area (Å²) in [5, 5.41) is 9.81. The summed E-state index contributed by atoms with van der Waals surface area (Å²) in [7, 11) is 1.99. The minimum Gasteiger partial charge on any atom is -0.478 e. The maximum atomic E-state index is 10.6. The van der Waals surface area contributed by atoms with Crippen LogP contribution in [0, 0.1) is 13.8 Å². The van der Waals surface area contributed by atoms with Crippen LogP contribution in [0.4, 0.5) is 0 Å². The molecule has 1 aromatic carbocycles. The van der Waals surface area contributed by atoms with E-state index in [-0.39, 0.29) is 0 Å². The van der Waals surface area contributed by atoms with Gasteiger partial charge in [0, 0.05) is 35.3 Å². The molecule has 1 heterocycles. The molecule has 0 aliphatic heterocycles. The summed E-state index contributed by atoms with van der Waals surface area (Å²) in [4.78, 5) is 10.6. The van der Waals surface area contributed by atoms with Crippen molar-refractivity contribution < 1.29 is 9.90 Å². The van der Waals surface area contributed by atoms with Crippen LogP contribution in [0.3, 0.4) is 0 Å². The number of fused-ring (bicyclic) bond motifs is 1. The van der Waals surface area contributed by atoms with E-state index in [0.717, 1.165) is 22.2 Å². The Morgan fingerprint density at radius 2 is 2.06 bits per heavy atom. The van der Waals surface area contributed by atoms with E-state index in [1.54, 1.807) is 6.08 Å². The van der Waals surface area contributed by atoms with Gasteiger partial charge in [-0.3, -0.25) is 0 Å². The van der Waals surface area contributed by atoms with E-state index in [2.05, 4.69) is 22.8 Å². The highest BCUT2D eigenvalue weighted by atomic mass is 16.4. The summed E-state index contributed by atoms with van der Waals surface area (Å²) in [5.41, 5.74) is 4.35. The standard InChI is InChI=1S/C14H15NO2/c1-9-4-6-13-12(8-9)11(5-7-14(16)17)10(2)15(13)3/h4-8H,1-3H3,(H,16,17)/b7-5+. The van der Waals surface area contributed by atoms with Crippen molar-refractivity contribution in [3.8, 4) is 0 Å². The SMILES string of the molecule is Cc1ccc2c(c1)c(/C=C/C(=O)O)c(C)n2C. The topological polar surface area (TPSA) is 42.2 Å². The Morgan fingerprint density at radius 1 is 1.35 bits per heavy atom. The molecule has 17 heavy (non-hydrogen) atoms. The molecule has 0 atom stereocenters. The zero-order valence-corrected chi connectivity index (χ0v) is 10.2. The number of carboxylic acid groups (broad SMARTS) is 1. The van der Waals surface area contributed by atoms with Crippen molar-refractivity contribution in [1.29, 1.82) is 0 Å². The maximum absolute atomic E-state index is 10.6. The zero-order chi connectivity index (χ0) is 12.6. The van der Waals surface area contributed by atoms with Crippen LogP contribution in [-0.2, 0) is 11.8 Å². The quantitative estimate of drug-likeness (QED) is 0.804. The molecule has 2 aromatic rings. The molecule has 1 N–H and O–H groups in total. The number of carbonyl (C=O) groups is 1. The summed E-state index contributed by atoms with van der Waals surface area (Å²) in [6, 6.07) is 6.21. The number of rotatable bonds is 2. The van der Waals surface area contributed by atoms with Crippen LogP contribution in [0.2, 0.25) is 0 Å². The van der Waals surface area contributed by atoms with Gasteiger partial charge < -0.3 is 9.67 Å². The summed E-state index contributed by atoms with van der Waals surface area (Å²) in [6.07, 6.45) is 2.85. The van der Waals surface area contributed by atoms with E-state index >= 15 is 0 Å². The third-order valence-electron chi connectivity index (χ3n) is 3.09. The minimum atomic E-state index is -0.922. The molecule has 88 valence electrons. The first-order valence-electron chi connectivity index (χ1n) is 5.47. The predicted molar refractivity (Wildman–Crippen MR) is 69.1 cm³/mol. The average molecular weight is 229 g/mol. The fraction of sp³-hybridized carbons (Fsp3) is 0.214. The largest absolute Gasteiger partial charge is 0.478 e. The molecule has 0 aliphatic carbocycles. The zero-order valence-electron chi connectivity index (χ0n) is 10.2. The van der Waals surface area contributed by atoms with Crippen molar-refractivity contribution in [2.45, 2.75) is 13.8 Å². The normalized spacial score (nSPS) is 11.5. The highest BCUT2D eigenvalue weighted by Gasteiger charge is 2.09. The Balaban J connectivity index is 2.72. The van der Waals surface area contributed by atoms with E-state index in [1.807, 2.05) is 20.9 Å². The summed E-state index contributed by atoms with van der Waals surface area (Å²) in [6.45, 7) is 4.03. The molecule has 0 bridgehead atoms. The second kappa shape index (κ2) is 4.09. The molecule has 0 spiro atoms. The van der Waals surface area contributed by atoms with E-state index in [4.69, 9.17) is 5.11 Å². The van der Waals surface area contributed by atoms with Gasteiger partial charge in [0.1, 0.15) is 0 Å². The molecule has 0 saturated heterocycles. The first-order chi connectivity index (χ1) is 8.00. The summed E-state index contributed by atoms with van der Waals surface area (Å²) >= 11 is 0. The number of aliphatic carboxylic acids is 1. The molecule has 2 rings (SSSR count). The first kappa shape index (κ1) is 11.5. The van der Waals surface area contributed by atoms with Gasteiger partial charge in [-0.25, -0.2) is 4.79 Å². The van der Waals surface area contributed by atoms with Crippen LogP contribution in [0.25, 0.3) is 17.0 Å². The third kappa shape index (κ3) is 1.96. The molecule has 0 aliphatic rings. The number of aromatic nitrogens is 1. The number of hydrogen-bond acceptors (Lipinski definition) is 1. The van der Waals surface area contributed by atoms with E-state index < -0.39 is 5.97 Å². The lowest BCUT2D eigenvalue weighted by Crippen LogP contribution is -1.90. The molecular weight excluding hydrogens is 214 g/mol. The van der Waals surface area contributed by atoms with E-state index in [9.17, 15) is 4.79 Å². The molecule has 1 aromatic heterocycles. The van der Waals surface area contributed by atoms with Gasteiger partial charge in [-0.05, 0) is 32.1 Å². The molecular formula is C14H15NO2. The number of carboxylic acids is 1. The second-order valence-electron chi connectivity index (χ2n) is 4.25. The number of nitrogens with zero attached hydrogens (tertiary/aromatic N) is 1. The molecule has 3 nitrogen and oxygen atoms in total. The molecule has 3 heteroatoms. The van der Waals surface area contributed by atoms with Gasteiger partial charge in [0.15, 0.2) is 0 Å². The summed E-state index contributed by atoms with van der Waals surface area (Å²) in [5.74, 6) is -0.922. The van der Waals surface area contributed by atoms with Crippen LogP contribution in [-0.4, -0.2) is 15.6 Å². The van der Waals surface area contributed by atoms with Gasteiger partial charge in [0.05, 0.1) is 0 Å². The van der Waals surface area contributed by atoms with Gasteiger partial charge in [0.2, 0.25) is 0 Å². The summed E-state index contributed by atoms with van der Waals surface area (Å²) < 4.78 is 2.08. The van der Waals surface area contributed by atoms with Crippen molar-refractivity contribution in [2.24, 2.45) is 7.05 Å². The number of aryl methyl sites for hydroxylation is 2. The number of hydrogen-bond donors (Lipinski definition) is 1. The molecule has 0 fully saturated rings. The van der Waals surface area contributed by atoms with Gasteiger partial charge in [-0.2, -0.15) is 0 Å². The lowest BCUT2D eigenvalue weighted by atomic mass is 10.1. The third-order valence-corrected chi connectivity index (χ3v) is 3.09. The highest BCUT2D eigenvalue weighted by Crippen LogP contribution is 2.26. The predicted octanol–water partition coefficient (Wildman–Crippen LogP) is 2.89. The smallest absolute Gasteiger partial charge is 0.328 e. The van der Waals surface area contributed by atoms with Gasteiger partial charge in [0.25, 0.3) is 0 Å².